The molecule has 0 saturated heterocycles. The highest BCUT2D eigenvalue weighted by molar-refractivity contribution is 6.79. The Kier molecular flexibility index (Phi) is 4.67. The van der Waals surface area contributed by atoms with Gasteiger partial charge in [0, 0.05) is 0 Å². The first kappa shape index (κ1) is 14.7. The number of nitrogens with one attached hydrogen (secondary N) is 1. The van der Waals surface area contributed by atoms with Gasteiger partial charge in [-0.05, 0) is 13.0 Å². The minimum Gasteiger partial charge on any atom is -0.325 e. The van der Waals surface area contributed by atoms with E-state index in [1.807, 2.05) is 0 Å². The van der Waals surface area contributed by atoms with Crippen molar-refractivity contribution in [2.45, 2.75) is 14.5 Å². The second kappa shape index (κ2) is 5.09. The van der Waals surface area contributed by atoms with Crippen LogP contribution in [0.2, 0.25) is 0 Å². The van der Waals surface area contributed by atoms with Crippen LogP contribution in [0.1, 0.15) is 6.92 Å². The smallest absolute Gasteiger partial charge is 0.248 e. The summed E-state index contributed by atoms with van der Waals surface area (Å²) in [5.74, 6) is 0.352. The normalized spacial score (nSPS) is 17.6. The molecule has 0 aromatic carbocycles. The van der Waals surface area contributed by atoms with E-state index in [1.54, 1.807) is 13.0 Å². The van der Waals surface area contributed by atoms with Gasteiger partial charge < -0.3 is 5.32 Å². The van der Waals surface area contributed by atoms with E-state index in [4.69, 9.17) is 69.6 Å². The fourth-order valence-electron chi connectivity index (χ4n) is 0.820. The van der Waals surface area contributed by atoms with Crippen molar-refractivity contribution in [3.8, 4) is 0 Å². The van der Waals surface area contributed by atoms with Crippen molar-refractivity contribution in [2.24, 2.45) is 9.98 Å². The number of aliphatic imine (C=N–C) groups is 2. The van der Waals surface area contributed by atoms with Gasteiger partial charge in [-0.3, -0.25) is 0 Å². The first-order valence-corrected chi connectivity index (χ1v) is 6.16. The maximum Gasteiger partial charge on any atom is 0.248 e. The van der Waals surface area contributed by atoms with Gasteiger partial charge >= 0.3 is 0 Å². The maximum atomic E-state index is 5.68. The molecule has 0 fully saturated rings. The molecule has 0 aliphatic carbocycles. The Bertz CT molecular complexity index is 341. The molecule has 0 aromatic rings. The first-order chi connectivity index (χ1) is 7.14. The molecule has 0 bridgehead atoms. The maximum absolute atomic E-state index is 5.68. The van der Waals surface area contributed by atoms with Gasteiger partial charge in [-0.1, -0.05) is 69.6 Å². The Morgan fingerprint density at radius 3 is 1.56 bits per heavy atom. The summed E-state index contributed by atoms with van der Waals surface area (Å²) in [7, 11) is 0. The molecule has 0 aromatic heterocycles. The van der Waals surface area contributed by atoms with E-state index < -0.39 is 7.59 Å². The summed E-state index contributed by atoms with van der Waals surface area (Å²) in [4.78, 5) is 7.89. The summed E-state index contributed by atoms with van der Waals surface area (Å²) in [5, 5.41) is 2.57. The first-order valence-electron chi connectivity index (χ1n) is 3.89. The molecule has 9 heteroatoms. The Morgan fingerprint density at radius 2 is 1.31 bits per heavy atom. The highest BCUT2D eigenvalue weighted by atomic mass is 35.6. The standard InChI is InChI=1S/C7H5Cl6N3/c1-2-3-14-4(6(8,9)10)16-5(15-3)7(11,12)13/h2H,1H3,(H,14,15,16). The predicted molar refractivity (Wildman–Crippen MR) is 72.3 cm³/mol. The van der Waals surface area contributed by atoms with E-state index in [-0.39, 0.29) is 11.7 Å². The molecular weight excluding hydrogens is 339 g/mol. The number of alkyl halides is 6. The fraction of sp³-hybridized carbons (Fsp3) is 0.429. The summed E-state index contributed by atoms with van der Waals surface area (Å²) < 4.78 is -3.49. The summed E-state index contributed by atoms with van der Waals surface area (Å²) in [6.45, 7) is 1.71. The molecular formula is C7H5Cl6N3. The highest BCUT2D eigenvalue weighted by Gasteiger charge is 2.37. The summed E-state index contributed by atoms with van der Waals surface area (Å²) in [6.07, 6.45) is 1.59. The van der Waals surface area contributed by atoms with E-state index in [1.165, 1.54) is 0 Å². The number of halogens is 6. The monoisotopic (exact) mass is 341 g/mol. The molecule has 1 aliphatic rings. The largest absolute Gasteiger partial charge is 0.325 e. The molecule has 1 heterocycles. The van der Waals surface area contributed by atoms with Gasteiger partial charge in [0.25, 0.3) is 0 Å². The van der Waals surface area contributed by atoms with Crippen LogP contribution < -0.4 is 5.32 Å². The average molecular weight is 344 g/mol. The number of allylic oxidation sites excluding steroid dienone is 1. The van der Waals surface area contributed by atoms with Crippen LogP contribution in [0.5, 0.6) is 0 Å². The van der Waals surface area contributed by atoms with Crippen LogP contribution in [0.3, 0.4) is 0 Å². The van der Waals surface area contributed by atoms with Gasteiger partial charge in [0.1, 0.15) is 0 Å². The minimum atomic E-state index is -1.74. The molecule has 1 aliphatic heterocycles. The number of amidine groups is 2. The van der Waals surface area contributed by atoms with E-state index >= 15 is 0 Å². The zero-order valence-corrected chi connectivity index (χ0v) is 12.3. The molecule has 0 unspecified atom stereocenters. The quantitative estimate of drug-likeness (QED) is 0.663. The lowest BCUT2D eigenvalue weighted by Gasteiger charge is -2.24. The zero-order chi connectivity index (χ0) is 12.6. The molecule has 0 radical (unpaired) electrons. The molecule has 3 nitrogen and oxygen atoms in total. The lowest BCUT2D eigenvalue weighted by molar-refractivity contribution is 1.07. The van der Waals surface area contributed by atoms with Crippen molar-refractivity contribution in [1.29, 1.82) is 0 Å². The van der Waals surface area contributed by atoms with Crippen LogP contribution in [0.25, 0.3) is 0 Å². The van der Waals surface area contributed by atoms with Crippen LogP contribution in [-0.2, 0) is 0 Å². The Balaban J connectivity index is 3.11. The molecule has 16 heavy (non-hydrogen) atoms. The topological polar surface area (TPSA) is 36.8 Å². The molecule has 90 valence electrons. The van der Waals surface area contributed by atoms with Gasteiger partial charge in [0.2, 0.25) is 7.59 Å². The summed E-state index contributed by atoms with van der Waals surface area (Å²) >= 11 is 34.1. The molecule has 0 spiro atoms. The third-order valence-electron chi connectivity index (χ3n) is 1.48. The van der Waals surface area contributed by atoms with Crippen LogP contribution in [0.15, 0.2) is 21.9 Å². The van der Waals surface area contributed by atoms with Gasteiger partial charge in [-0.15, -0.1) is 0 Å². The van der Waals surface area contributed by atoms with Crippen molar-refractivity contribution in [3.63, 3.8) is 0 Å². The molecule has 1 N–H and O–H groups in total. The SMILES string of the molecule is CC=C1N=C(C(Cl)(Cl)Cl)NC(C(Cl)(Cl)Cl)=N1. The van der Waals surface area contributed by atoms with Gasteiger partial charge in [-0.2, -0.15) is 0 Å². The number of hydrogen-bond acceptors (Lipinski definition) is 3. The Morgan fingerprint density at radius 1 is 0.938 bits per heavy atom. The van der Waals surface area contributed by atoms with E-state index in [9.17, 15) is 0 Å². The Hall–Kier alpha value is 0.620. The second-order valence-corrected chi connectivity index (χ2v) is 7.25. The van der Waals surface area contributed by atoms with E-state index in [2.05, 4.69) is 15.3 Å². The molecule has 0 saturated carbocycles. The van der Waals surface area contributed by atoms with Crippen LogP contribution in [-0.4, -0.2) is 19.3 Å². The van der Waals surface area contributed by atoms with E-state index in [0.717, 1.165) is 0 Å². The molecule has 1 rings (SSSR count). The third kappa shape index (κ3) is 3.83. The second-order valence-electron chi connectivity index (χ2n) is 2.69. The number of rotatable bonds is 0. The fourth-order valence-corrected chi connectivity index (χ4v) is 1.36. The van der Waals surface area contributed by atoms with Crippen molar-refractivity contribution in [2.75, 3.05) is 0 Å². The lowest BCUT2D eigenvalue weighted by atomic mass is 10.4. The Labute approximate surface area is 122 Å². The highest BCUT2D eigenvalue weighted by Crippen LogP contribution is 2.33. The van der Waals surface area contributed by atoms with Gasteiger partial charge in [-0.25, -0.2) is 9.98 Å². The summed E-state index contributed by atoms with van der Waals surface area (Å²) in [6, 6.07) is 0. The van der Waals surface area contributed by atoms with Gasteiger partial charge in [0.05, 0.1) is 0 Å². The van der Waals surface area contributed by atoms with Crippen molar-refractivity contribution < 1.29 is 0 Å². The van der Waals surface area contributed by atoms with E-state index in [0.29, 0.717) is 5.82 Å². The molecule has 0 amide bonds. The van der Waals surface area contributed by atoms with Crippen molar-refractivity contribution in [3.05, 3.63) is 11.9 Å². The number of hydrogen-bond donors (Lipinski definition) is 1. The van der Waals surface area contributed by atoms with Crippen LogP contribution >= 0.6 is 69.6 Å². The lowest BCUT2D eigenvalue weighted by Crippen LogP contribution is -2.46. The zero-order valence-electron chi connectivity index (χ0n) is 7.74. The predicted octanol–water partition coefficient (Wildman–Crippen LogP) is 3.99. The molecule has 0 atom stereocenters. The summed E-state index contributed by atoms with van der Waals surface area (Å²) in [5.41, 5.74) is 0. The number of nitrogens with zero attached hydrogens (tertiary/aromatic N) is 2. The van der Waals surface area contributed by atoms with Gasteiger partial charge in [0.15, 0.2) is 17.5 Å². The van der Waals surface area contributed by atoms with Crippen LogP contribution in [0.4, 0.5) is 0 Å². The van der Waals surface area contributed by atoms with Crippen molar-refractivity contribution >= 4 is 81.3 Å². The average Bonchev–Trinajstić information content (AvgIpc) is 2.14. The van der Waals surface area contributed by atoms with Crippen molar-refractivity contribution in [1.82, 2.24) is 5.32 Å². The third-order valence-corrected chi connectivity index (χ3v) is 2.56. The van der Waals surface area contributed by atoms with Crippen LogP contribution in [0, 0.1) is 0 Å². The minimum absolute atomic E-state index is 0.0296.